The summed E-state index contributed by atoms with van der Waals surface area (Å²) in [4.78, 5) is 34.1. The van der Waals surface area contributed by atoms with Gasteiger partial charge in [0, 0.05) is 12.7 Å². The first-order valence-electron chi connectivity index (χ1n) is 10.6. The van der Waals surface area contributed by atoms with E-state index in [9.17, 15) is 9.59 Å². The Hall–Kier alpha value is -2.90. The smallest absolute Gasteiger partial charge is 0.267 e. The van der Waals surface area contributed by atoms with Crippen LogP contribution in [0.2, 0.25) is 0 Å². The Morgan fingerprint density at radius 2 is 1.78 bits per heavy atom. The van der Waals surface area contributed by atoms with Gasteiger partial charge >= 0.3 is 0 Å². The highest BCUT2D eigenvalue weighted by Gasteiger charge is 2.30. The van der Waals surface area contributed by atoms with E-state index < -0.39 is 5.25 Å². The van der Waals surface area contributed by atoms with Crippen molar-refractivity contribution in [2.75, 3.05) is 11.9 Å². The average molecular weight is 462 g/mol. The summed E-state index contributed by atoms with van der Waals surface area (Å²) in [5, 5.41) is 2.94. The van der Waals surface area contributed by atoms with Crippen molar-refractivity contribution in [1.82, 2.24) is 9.55 Å². The molecule has 2 heterocycles. The zero-order chi connectivity index (χ0) is 22.2. The minimum atomic E-state index is -0.414. The molecule has 32 heavy (non-hydrogen) atoms. The molecular weight excluding hydrogens is 438 g/mol. The van der Waals surface area contributed by atoms with Gasteiger partial charge in [-0.1, -0.05) is 48.2 Å². The number of carbonyl (C=O) groups is 1. The monoisotopic (exact) mass is 461 g/mol. The van der Waals surface area contributed by atoms with E-state index in [1.165, 1.54) is 23.1 Å². The number of nitrogens with zero attached hydrogens (tertiary/aromatic N) is 3. The van der Waals surface area contributed by atoms with Crippen molar-refractivity contribution in [1.29, 1.82) is 0 Å². The molecule has 5 rings (SSSR count). The SMILES string of the molecule is CC(Sc1nc2scc(C3CC3)c2c(=O)n1-c1ccccc1)C(=O)N(C)c1ccccc1. The van der Waals surface area contributed by atoms with Gasteiger partial charge < -0.3 is 4.90 Å². The van der Waals surface area contributed by atoms with Crippen molar-refractivity contribution in [3.8, 4) is 5.69 Å². The maximum atomic E-state index is 13.7. The molecule has 1 atom stereocenters. The molecule has 2 aromatic heterocycles. The van der Waals surface area contributed by atoms with Gasteiger partial charge in [0.1, 0.15) is 4.83 Å². The number of hydrogen-bond donors (Lipinski definition) is 0. The third-order valence-corrected chi connectivity index (χ3v) is 7.67. The molecule has 0 saturated heterocycles. The average Bonchev–Trinajstić information content (AvgIpc) is 3.58. The Kier molecular flexibility index (Phi) is 5.61. The first-order chi connectivity index (χ1) is 15.5. The van der Waals surface area contributed by atoms with Crippen LogP contribution in [0.4, 0.5) is 5.69 Å². The molecule has 5 nitrogen and oxygen atoms in total. The number of fused-ring (bicyclic) bond motifs is 1. The minimum absolute atomic E-state index is 0.0417. The van der Waals surface area contributed by atoms with Crippen LogP contribution < -0.4 is 10.5 Å². The van der Waals surface area contributed by atoms with Crippen LogP contribution in [0.1, 0.15) is 31.2 Å². The van der Waals surface area contributed by atoms with Crippen LogP contribution in [0.5, 0.6) is 0 Å². The maximum absolute atomic E-state index is 13.7. The van der Waals surface area contributed by atoms with Crippen molar-refractivity contribution in [2.24, 2.45) is 0 Å². The fraction of sp³-hybridized carbons (Fsp3) is 0.240. The number of anilines is 1. The molecule has 1 amide bonds. The van der Waals surface area contributed by atoms with Gasteiger partial charge in [-0.05, 0) is 60.9 Å². The third kappa shape index (κ3) is 3.87. The fourth-order valence-corrected chi connectivity index (χ4v) is 5.91. The van der Waals surface area contributed by atoms with Gasteiger partial charge in [0.05, 0.1) is 16.3 Å². The molecule has 1 aliphatic rings. The Morgan fingerprint density at radius 3 is 2.44 bits per heavy atom. The molecule has 0 aliphatic heterocycles. The molecule has 1 aliphatic carbocycles. The molecule has 0 N–H and O–H groups in total. The zero-order valence-corrected chi connectivity index (χ0v) is 19.5. The van der Waals surface area contributed by atoms with E-state index in [1.54, 1.807) is 16.5 Å². The van der Waals surface area contributed by atoms with Crippen molar-refractivity contribution in [2.45, 2.75) is 36.1 Å². The summed E-state index contributed by atoms with van der Waals surface area (Å²) in [5.74, 6) is 0.431. The van der Waals surface area contributed by atoms with Gasteiger partial charge in [0.2, 0.25) is 5.91 Å². The Bertz CT molecular complexity index is 1330. The number of amides is 1. The summed E-state index contributed by atoms with van der Waals surface area (Å²) in [6, 6.07) is 19.1. The number of hydrogen-bond acceptors (Lipinski definition) is 5. The number of rotatable bonds is 6. The number of para-hydroxylation sites is 2. The van der Waals surface area contributed by atoms with Crippen LogP contribution in [0, 0.1) is 0 Å². The number of carbonyl (C=O) groups excluding carboxylic acids is 1. The van der Waals surface area contributed by atoms with Crippen molar-refractivity contribution < 1.29 is 4.79 Å². The van der Waals surface area contributed by atoms with Crippen LogP contribution in [-0.2, 0) is 4.79 Å². The first-order valence-corrected chi connectivity index (χ1v) is 12.4. The van der Waals surface area contributed by atoms with E-state index in [2.05, 4.69) is 5.38 Å². The molecule has 0 bridgehead atoms. The van der Waals surface area contributed by atoms with Crippen LogP contribution in [0.3, 0.4) is 0 Å². The standard InChI is InChI=1S/C25H23N3O2S2/c1-16(23(29)27(2)18-9-5-3-6-10-18)32-25-26-22-21(20(15-31-22)17-13-14-17)24(30)28(25)19-11-7-4-8-12-19/h3-12,15-17H,13-14H2,1-2H3. The van der Waals surface area contributed by atoms with E-state index in [0.29, 0.717) is 11.1 Å². The summed E-state index contributed by atoms with van der Waals surface area (Å²) >= 11 is 2.85. The molecule has 1 saturated carbocycles. The van der Waals surface area contributed by atoms with Crippen LogP contribution in [0.25, 0.3) is 15.9 Å². The predicted octanol–water partition coefficient (Wildman–Crippen LogP) is 5.47. The maximum Gasteiger partial charge on any atom is 0.267 e. The van der Waals surface area contributed by atoms with E-state index in [4.69, 9.17) is 4.98 Å². The molecule has 2 aromatic carbocycles. The van der Waals surface area contributed by atoms with Crippen molar-refractivity contribution in [3.63, 3.8) is 0 Å². The van der Waals surface area contributed by atoms with Crippen LogP contribution in [-0.4, -0.2) is 27.8 Å². The van der Waals surface area contributed by atoms with Gasteiger partial charge in [-0.15, -0.1) is 11.3 Å². The lowest BCUT2D eigenvalue weighted by atomic mass is 10.1. The normalized spacial score (nSPS) is 14.4. The molecule has 162 valence electrons. The summed E-state index contributed by atoms with van der Waals surface area (Å²) in [7, 11) is 1.77. The third-order valence-electron chi connectivity index (χ3n) is 5.74. The lowest BCUT2D eigenvalue weighted by molar-refractivity contribution is -0.117. The Balaban J connectivity index is 1.56. The molecule has 0 spiro atoms. The van der Waals surface area contributed by atoms with Crippen LogP contribution >= 0.6 is 23.1 Å². The zero-order valence-electron chi connectivity index (χ0n) is 17.9. The summed E-state index contributed by atoms with van der Waals surface area (Å²) in [6.45, 7) is 1.86. The molecular formula is C25H23N3O2S2. The molecule has 7 heteroatoms. The highest BCUT2D eigenvalue weighted by Crippen LogP contribution is 2.44. The topological polar surface area (TPSA) is 55.2 Å². The summed E-state index contributed by atoms with van der Waals surface area (Å²) < 4.78 is 1.66. The highest BCUT2D eigenvalue weighted by atomic mass is 32.2. The predicted molar refractivity (Wildman–Crippen MR) is 132 cm³/mol. The molecule has 1 fully saturated rings. The summed E-state index contributed by atoms with van der Waals surface area (Å²) in [5.41, 5.74) is 2.67. The lowest BCUT2D eigenvalue weighted by Gasteiger charge is -2.22. The van der Waals surface area contributed by atoms with Gasteiger partial charge in [-0.2, -0.15) is 0 Å². The second kappa shape index (κ2) is 8.56. The fourth-order valence-electron chi connectivity index (χ4n) is 3.83. The number of thiophene rings is 1. The second-order valence-corrected chi connectivity index (χ2v) is 10.2. The molecule has 4 aromatic rings. The van der Waals surface area contributed by atoms with Crippen molar-refractivity contribution >= 4 is 44.9 Å². The van der Waals surface area contributed by atoms with E-state index in [1.807, 2.05) is 67.6 Å². The Labute approximate surface area is 194 Å². The van der Waals surface area contributed by atoms with E-state index >= 15 is 0 Å². The second-order valence-electron chi connectivity index (χ2n) is 8.01. The van der Waals surface area contributed by atoms with Gasteiger partial charge in [-0.25, -0.2) is 4.98 Å². The minimum Gasteiger partial charge on any atom is -0.315 e. The van der Waals surface area contributed by atoms with E-state index in [0.717, 1.165) is 40.0 Å². The van der Waals surface area contributed by atoms with Gasteiger partial charge in [0.15, 0.2) is 5.16 Å². The van der Waals surface area contributed by atoms with Gasteiger partial charge in [0.25, 0.3) is 5.56 Å². The van der Waals surface area contributed by atoms with Crippen molar-refractivity contribution in [3.05, 3.63) is 82.0 Å². The molecule has 1 unspecified atom stereocenters. The number of thioether (sulfide) groups is 1. The number of benzene rings is 2. The Morgan fingerprint density at radius 1 is 1.12 bits per heavy atom. The molecule has 0 radical (unpaired) electrons. The summed E-state index contributed by atoms with van der Waals surface area (Å²) in [6.07, 6.45) is 2.26. The lowest BCUT2D eigenvalue weighted by Crippen LogP contribution is -2.33. The quantitative estimate of drug-likeness (QED) is 0.282. The highest BCUT2D eigenvalue weighted by molar-refractivity contribution is 8.00. The van der Waals surface area contributed by atoms with Crippen LogP contribution in [0.15, 0.2) is 76.0 Å². The largest absolute Gasteiger partial charge is 0.315 e. The van der Waals surface area contributed by atoms with Gasteiger partial charge in [-0.3, -0.25) is 14.2 Å². The first kappa shape index (κ1) is 21.0. The van der Waals surface area contributed by atoms with E-state index in [-0.39, 0.29) is 11.5 Å². The number of aromatic nitrogens is 2.